The van der Waals surface area contributed by atoms with Gasteiger partial charge in [-0.2, -0.15) is 9.78 Å². The molecule has 0 saturated carbocycles. The molecular formula is C26H20Br2Cl2N4O4. The Hall–Kier alpha value is -2.79. The van der Waals surface area contributed by atoms with Crippen molar-refractivity contribution in [3.8, 4) is 5.75 Å². The minimum Gasteiger partial charge on any atom is -0.481 e. The Morgan fingerprint density at radius 1 is 1.16 bits per heavy atom. The highest BCUT2D eigenvalue weighted by Crippen LogP contribution is 2.37. The standard InChI is InChI=1S/C26H20Br2Cl2N4O4/c1-2-3-4-24-32-22-8-6-17(27)11-19(22)26(35)33(24)31-13-15-9-20(28)25(23(10-15)34(36)37)38-14-16-5-7-18(29)12-21(16)30/h5-13H,2-4,14H2,1H3. The van der Waals surface area contributed by atoms with E-state index in [9.17, 15) is 14.9 Å². The predicted octanol–water partition coefficient (Wildman–Crippen LogP) is 7.94. The maximum atomic E-state index is 13.3. The SMILES string of the molecule is CCCCc1nc2ccc(Br)cc2c(=O)n1N=Cc1cc(Br)c(OCc2ccc(Cl)cc2Cl)c([N+](=O)[O-])c1. The fourth-order valence-electron chi connectivity index (χ4n) is 3.68. The van der Waals surface area contributed by atoms with Crippen LogP contribution in [0.3, 0.4) is 0 Å². The molecule has 0 bridgehead atoms. The van der Waals surface area contributed by atoms with E-state index in [1.54, 1.807) is 36.4 Å². The Morgan fingerprint density at radius 2 is 1.95 bits per heavy atom. The molecule has 1 heterocycles. The normalized spacial score (nSPS) is 11.4. The Balaban J connectivity index is 1.71. The maximum absolute atomic E-state index is 13.3. The van der Waals surface area contributed by atoms with Crippen molar-refractivity contribution in [2.24, 2.45) is 5.10 Å². The number of unbranched alkanes of at least 4 members (excludes halogenated alkanes) is 1. The van der Waals surface area contributed by atoms with Gasteiger partial charge in [-0.3, -0.25) is 14.9 Å². The molecule has 0 atom stereocenters. The highest BCUT2D eigenvalue weighted by molar-refractivity contribution is 9.10. The van der Waals surface area contributed by atoms with Gasteiger partial charge in [0.1, 0.15) is 12.4 Å². The lowest BCUT2D eigenvalue weighted by molar-refractivity contribution is -0.386. The van der Waals surface area contributed by atoms with E-state index in [0.29, 0.717) is 48.8 Å². The summed E-state index contributed by atoms with van der Waals surface area (Å²) in [5.41, 5.74) is 0.994. The number of rotatable bonds is 9. The molecule has 1 aromatic heterocycles. The summed E-state index contributed by atoms with van der Waals surface area (Å²) in [5.74, 6) is 0.549. The number of halogens is 4. The third-order valence-corrected chi connectivity index (χ3v) is 7.25. The molecule has 8 nitrogen and oxygen atoms in total. The van der Waals surface area contributed by atoms with E-state index in [1.165, 1.54) is 17.0 Å². The van der Waals surface area contributed by atoms with Gasteiger partial charge in [-0.15, -0.1) is 0 Å². The van der Waals surface area contributed by atoms with Crippen LogP contribution in [-0.2, 0) is 13.0 Å². The predicted molar refractivity (Wildman–Crippen MR) is 157 cm³/mol. The van der Waals surface area contributed by atoms with E-state index in [4.69, 9.17) is 27.9 Å². The maximum Gasteiger partial charge on any atom is 0.312 e. The van der Waals surface area contributed by atoms with Gasteiger partial charge in [0.15, 0.2) is 0 Å². The molecule has 4 rings (SSSR count). The number of fused-ring (bicyclic) bond motifs is 1. The average molecular weight is 683 g/mol. The summed E-state index contributed by atoms with van der Waals surface area (Å²) < 4.78 is 8.10. The fourth-order valence-corrected chi connectivity index (χ4v) is 5.08. The number of benzene rings is 3. The average Bonchev–Trinajstić information content (AvgIpc) is 2.87. The Bertz CT molecular complexity index is 1630. The molecule has 0 amide bonds. The first kappa shape index (κ1) is 28.2. The molecular weight excluding hydrogens is 663 g/mol. The van der Waals surface area contributed by atoms with E-state index in [-0.39, 0.29) is 23.6 Å². The highest BCUT2D eigenvalue weighted by Gasteiger charge is 2.21. The first-order chi connectivity index (χ1) is 18.2. The van der Waals surface area contributed by atoms with Crippen LogP contribution in [0.4, 0.5) is 5.69 Å². The summed E-state index contributed by atoms with van der Waals surface area (Å²) >= 11 is 18.9. The number of nitrogens with zero attached hydrogens (tertiary/aromatic N) is 4. The van der Waals surface area contributed by atoms with E-state index < -0.39 is 4.92 Å². The zero-order valence-corrected chi connectivity index (χ0v) is 24.6. The van der Waals surface area contributed by atoms with Gasteiger partial charge in [0.2, 0.25) is 5.75 Å². The lowest BCUT2D eigenvalue weighted by Crippen LogP contribution is -2.22. The quantitative estimate of drug-likeness (QED) is 0.101. The van der Waals surface area contributed by atoms with Crippen LogP contribution in [0.15, 0.2) is 67.4 Å². The molecule has 0 aliphatic rings. The Morgan fingerprint density at radius 3 is 2.66 bits per heavy atom. The van der Waals surface area contributed by atoms with Gasteiger partial charge in [0.25, 0.3) is 5.56 Å². The number of aromatic nitrogens is 2. The lowest BCUT2D eigenvalue weighted by Gasteiger charge is -2.11. The van der Waals surface area contributed by atoms with Crippen molar-refractivity contribution < 1.29 is 9.66 Å². The first-order valence-corrected chi connectivity index (χ1v) is 13.8. The van der Waals surface area contributed by atoms with Gasteiger partial charge in [0.05, 0.1) is 26.5 Å². The van der Waals surface area contributed by atoms with Gasteiger partial charge in [-0.1, -0.05) is 58.5 Å². The molecule has 38 heavy (non-hydrogen) atoms. The smallest absolute Gasteiger partial charge is 0.312 e. The largest absolute Gasteiger partial charge is 0.481 e. The monoisotopic (exact) mass is 680 g/mol. The second kappa shape index (κ2) is 12.4. The summed E-state index contributed by atoms with van der Waals surface area (Å²) in [6.07, 6.45) is 3.68. The summed E-state index contributed by atoms with van der Waals surface area (Å²) in [7, 11) is 0. The Labute approximate surface area is 244 Å². The highest BCUT2D eigenvalue weighted by atomic mass is 79.9. The van der Waals surface area contributed by atoms with E-state index in [2.05, 4.69) is 41.9 Å². The zero-order chi connectivity index (χ0) is 27.4. The van der Waals surface area contributed by atoms with E-state index >= 15 is 0 Å². The Kier molecular flexibility index (Phi) is 9.19. The van der Waals surface area contributed by atoms with E-state index in [0.717, 1.165) is 17.3 Å². The number of ether oxygens (including phenoxy) is 1. The molecule has 0 N–H and O–H groups in total. The van der Waals surface area contributed by atoms with Crippen molar-refractivity contribution >= 4 is 77.9 Å². The van der Waals surface area contributed by atoms with Crippen LogP contribution < -0.4 is 10.3 Å². The molecule has 0 unspecified atom stereocenters. The van der Waals surface area contributed by atoms with Gasteiger partial charge < -0.3 is 4.74 Å². The molecule has 4 aromatic rings. The second-order valence-corrected chi connectivity index (χ2v) is 10.9. The number of hydrogen-bond acceptors (Lipinski definition) is 6. The van der Waals surface area contributed by atoms with Gasteiger partial charge in [0, 0.05) is 38.1 Å². The van der Waals surface area contributed by atoms with Gasteiger partial charge in [-0.25, -0.2) is 4.98 Å². The molecule has 0 aliphatic heterocycles. The second-order valence-electron chi connectivity index (χ2n) is 8.29. The summed E-state index contributed by atoms with van der Waals surface area (Å²) in [6, 6.07) is 13.2. The van der Waals surface area contributed by atoms with Crippen LogP contribution in [0, 0.1) is 10.1 Å². The van der Waals surface area contributed by atoms with Gasteiger partial charge >= 0.3 is 5.69 Å². The fraction of sp³-hybridized carbons (Fsp3) is 0.192. The third-order valence-electron chi connectivity index (χ3n) is 5.58. The summed E-state index contributed by atoms with van der Waals surface area (Å²) in [5, 5.41) is 17.5. The molecule has 0 fully saturated rings. The molecule has 196 valence electrons. The van der Waals surface area contributed by atoms with Crippen molar-refractivity contribution in [3.05, 3.63) is 105 Å². The molecule has 0 spiro atoms. The number of nitro benzene ring substituents is 1. The van der Waals surface area contributed by atoms with Crippen LogP contribution in [-0.4, -0.2) is 20.8 Å². The number of aryl methyl sites for hydroxylation is 1. The van der Waals surface area contributed by atoms with Crippen molar-refractivity contribution in [1.29, 1.82) is 0 Å². The van der Waals surface area contributed by atoms with Crippen LogP contribution in [0.5, 0.6) is 5.75 Å². The molecule has 12 heteroatoms. The van der Waals surface area contributed by atoms with Crippen LogP contribution in [0.2, 0.25) is 10.0 Å². The molecule has 3 aromatic carbocycles. The first-order valence-electron chi connectivity index (χ1n) is 11.5. The van der Waals surface area contributed by atoms with Crippen molar-refractivity contribution in [2.45, 2.75) is 32.8 Å². The minimum atomic E-state index is -0.547. The molecule has 0 aliphatic carbocycles. The van der Waals surface area contributed by atoms with Crippen molar-refractivity contribution in [1.82, 2.24) is 9.66 Å². The number of nitro groups is 1. The van der Waals surface area contributed by atoms with Crippen LogP contribution >= 0.6 is 55.1 Å². The molecule has 0 radical (unpaired) electrons. The number of hydrogen-bond donors (Lipinski definition) is 0. The summed E-state index contributed by atoms with van der Waals surface area (Å²) in [4.78, 5) is 29.3. The van der Waals surface area contributed by atoms with Crippen LogP contribution in [0.25, 0.3) is 10.9 Å². The lowest BCUT2D eigenvalue weighted by atomic mass is 10.2. The minimum absolute atomic E-state index is 0.00260. The summed E-state index contributed by atoms with van der Waals surface area (Å²) in [6.45, 7) is 2.04. The van der Waals surface area contributed by atoms with Crippen LogP contribution in [0.1, 0.15) is 36.7 Å². The van der Waals surface area contributed by atoms with E-state index in [1.807, 2.05) is 13.0 Å². The van der Waals surface area contributed by atoms with Crippen molar-refractivity contribution in [2.75, 3.05) is 0 Å². The van der Waals surface area contributed by atoms with Crippen molar-refractivity contribution in [3.63, 3.8) is 0 Å². The topological polar surface area (TPSA) is 99.6 Å². The van der Waals surface area contributed by atoms with Gasteiger partial charge in [-0.05, 0) is 58.7 Å². The zero-order valence-electron chi connectivity index (χ0n) is 20.0. The molecule has 0 saturated heterocycles. The third kappa shape index (κ3) is 6.43.